The molecule has 1 rings (SSSR count). The second-order valence-electron chi connectivity index (χ2n) is 3.93. The minimum absolute atomic E-state index is 0.0372. The van der Waals surface area contributed by atoms with Crippen molar-refractivity contribution in [2.45, 2.75) is 37.9 Å². The standard InChI is InChI=1S/C9H16NO6P/c1-2-16-8(12)4-6-9(17(13,14)15)5-3-7(11)10-9/h2-6H2,1H3,(H,10,11)(H2,13,14,15). The van der Waals surface area contributed by atoms with Gasteiger partial charge in [-0.05, 0) is 19.8 Å². The number of rotatable bonds is 5. The zero-order chi connectivity index (χ0) is 13.1. The van der Waals surface area contributed by atoms with Crippen molar-refractivity contribution in [3.8, 4) is 0 Å². The average molecular weight is 265 g/mol. The summed E-state index contributed by atoms with van der Waals surface area (Å²) in [7, 11) is -4.50. The van der Waals surface area contributed by atoms with E-state index in [4.69, 9.17) is 0 Å². The Morgan fingerprint density at radius 3 is 2.65 bits per heavy atom. The molecule has 0 radical (unpaired) electrons. The van der Waals surface area contributed by atoms with Gasteiger partial charge in [-0.1, -0.05) is 0 Å². The van der Waals surface area contributed by atoms with Crippen molar-refractivity contribution in [1.29, 1.82) is 0 Å². The first-order chi connectivity index (χ1) is 7.81. The summed E-state index contributed by atoms with van der Waals surface area (Å²) in [5, 5.41) is 0.695. The van der Waals surface area contributed by atoms with Crippen LogP contribution in [0.2, 0.25) is 0 Å². The molecule has 0 aromatic rings. The third-order valence-electron chi connectivity index (χ3n) is 2.74. The smallest absolute Gasteiger partial charge is 0.350 e. The molecule has 98 valence electrons. The number of hydrogen-bond acceptors (Lipinski definition) is 4. The number of carbonyl (C=O) groups is 2. The van der Waals surface area contributed by atoms with Crippen LogP contribution in [-0.4, -0.2) is 33.6 Å². The molecular weight excluding hydrogens is 249 g/mol. The molecule has 1 atom stereocenters. The minimum atomic E-state index is -4.50. The highest BCUT2D eigenvalue weighted by molar-refractivity contribution is 7.53. The Balaban J connectivity index is 2.70. The quantitative estimate of drug-likeness (QED) is 0.480. The van der Waals surface area contributed by atoms with E-state index in [1.165, 1.54) is 0 Å². The topological polar surface area (TPSA) is 113 Å². The van der Waals surface area contributed by atoms with Crippen LogP contribution in [0.3, 0.4) is 0 Å². The van der Waals surface area contributed by atoms with Crippen LogP contribution in [0, 0.1) is 0 Å². The Morgan fingerprint density at radius 1 is 1.59 bits per heavy atom. The van der Waals surface area contributed by atoms with Gasteiger partial charge in [0.05, 0.1) is 6.61 Å². The second kappa shape index (κ2) is 5.16. The van der Waals surface area contributed by atoms with E-state index >= 15 is 0 Å². The van der Waals surface area contributed by atoms with E-state index in [9.17, 15) is 23.9 Å². The molecule has 1 heterocycles. The van der Waals surface area contributed by atoms with Gasteiger partial charge in [-0.2, -0.15) is 0 Å². The summed E-state index contributed by atoms with van der Waals surface area (Å²) in [5.74, 6) is -0.932. The van der Waals surface area contributed by atoms with Crippen LogP contribution in [0.1, 0.15) is 32.6 Å². The van der Waals surface area contributed by atoms with Crippen molar-refractivity contribution in [2.75, 3.05) is 6.61 Å². The number of nitrogens with one attached hydrogen (secondary N) is 1. The molecule has 0 aromatic heterocycles. The highest BCUT2D eigenvalue weighted by Crippen LogP contribution is 2.55. The van der Waals surface area contributed by atoms with E-state index in [1.807, 2.05) is 0 Å². The zero-order valence-electron chi connectivity index (χ0n) is 9.51. The number of amides is 1. The molecule has 1 saturated heterocycles. The zero-order valence-corrected chi connectivity index (χ0v) is 10.4. The maximum absolute atomic E-state index is 11.4. The van der Waals surface area contributed by atoms with Crippen molar-refractivity contribution in [3.05, 3.63) is 0 Å². The maximum Gasteiger partial charge on any atom is 0.350 e. The summed E-state index contributed by atoms with van der Waals surface area (Å²) < 4.78 is 16.1. The van der Waals surface area contributed by atoms with Gasteiger partial charge in [0.15, 0.2) is 0 Å². The van der Waals surface area contributed by atoms with Gasteiger partial charge in [0.2, 0.25) is 5.91 Å². The van der Waals surface area contributed by atoms with E-state index in [0.29, 0.717) is 0 Å². The molecule has 0 aliphatic carbocycles. The summed E-state index contributed by atoms with van der Waals surface area (Å²) in [4.78, 5) is 40.8. The predicted octanol–water partition coefficient (Wildman–Crippen LogP) is 0.114. The van der Waals surface area contributed by atoms with Gasteiger partial charge in [0.1, 0.15) is 5.28 Å². The molecule has 0 bridgehead atoms. The van der Waals surface area contributed by atoms with Crippen molar-refractivity contribution in [2.24, 2.45) is 0 Å². The maximum atomic E-state index is 11.4. The molecule has 3 N–H and O–H groups in total. The van der Waals surface area contributed by atoms with E-state index < -0.39 is 24.8 Å². The lowest BCUT2D eigenvalue weighted by molar-refractivity contribution is -0.143. The third-order valence-corrected chi connectivity index (χ3v) is 4.42. The number of esters is 1. The molecule has 0 saturated carbocycles. The molecule has 1 aliphatic heterocycles. The first-order valence-electron chi connectivity index (χ1n) is 5.33. The van der Waals surface area contributed by atoms with Gasteiger partial charge in [0.25, 0.3) is 0 Å². The minimum Gasteiger partial charge on any atom is -0.466 e. The Kier molecular flexibility index (Phi) is 4.30. The van der Waals surface area contributed by atoms with Gasteiger partial charge < -0.3 is 19.8 Å². The summed E-state index contributed by atoms with van der Waals surface area (Å²) in [6.07, 6.45) is -0.134. The fourth-order valence-corrected chi connectivity index (χ4v) is 2.87. The molecule has 7 nitrogen and oxygen atoms in total. The number of ether oxygens (including phenoxy) is 1. The largest absolute Gasteiger partial charge is 0.466 e. The van der Waals surface area contributed by atoms with E-state index in [2.05, 4.69) is 10.1 Å². The molecule has 1 aliphatic rings. The molecule has 1 amide bonds. The molecule has 1 fully saturated rings. The summed E-state index contributed by atoms with van der Waals surface area (Å²) in [6, 6.07) is 0. The van der Waals surface area contributed by atoms with Crippen LogP contribution in [-0.2, 0) is 18.9 Å². The Bertz CT molecular complexity index is 364. The average Bonchev–Trinajstić information content (AvgIpc) is 2.58. The lowest BCUT2D eigenvalue weighted by Gasteiger charge is -2.29. The summed E-state index contributed by atoms with van der Waals surface area (Å²) in [6.45, 7) is 1.86. The Labute approximate surface area is 98.7 Å². The molecule has 0 aromatic carbocycles. The molecule has 1 unspecified atom stereocenters. The normalized spacial score (nSPS) is 24.5. The second-order valence-corrected chi connectivity index (χ2v) is 5.87. The van der Waals surface area contributed by atoms with E-state index in [0.717, 1.165) is 0 Å². The lowest BCUT2D eigenvalue weighted by atomic mass is 10.1. The van der Waals surface area contributed by atoms with Crippen molar-refractivity contribution in [1.82, 2.24) is 5.32 Å². The molecule has 0 spiro atoms. The Morgan fingerprint density at radius 2 is 2.24 bits per heavy atom. The third kappa shape index (κ3) is 3.28. The van der Waals surface area contributed by atoms with Gasteiger partial charge >= 0.3 is 13.6 Å². The predicted molar refractivity (Wildman–Crippen MR) is 58.0 cm³/mol. The van der Waals surface area contributed by atoms with Gasteiger partial charge in [0, 0.05) is 12.8 Å². The van der Waals surface area contributed by atoms with Crippen LogP contribution in [0.25, 0.3) is 0 Å². The first kappa shape index (κ1) is 14.2. The van der Waals surface area contributed by atoms with Crippen molar-refractivity contribution < 1.29 is 28.7 Å². The Hall–Kier alpha value is -0.910. The van der Waals surface area contributed by atoms with Crippen LogP contribution in [0.4, 0.5) is 0 Å². The van der Waals surface area contributed by atoms with Crippen molar-refractivity contribution >= 4 is 19.5 Å². The van der Waals surface area contributed by atoms with Crippen LogP contribution in [0.5, 0.6) is 0 Å². The molecule has 8 heteroatoms. The first-order valence-corrected chi connectivity index (χ1v) is 6.94. The van der Waals surface area contributed by atoms with Gasteiger partial charge in [-0.15, -0.1) is 0 Å². The van der Waals surface area contributed by atoms with E-state index in [1.54, 1.807) is 6.92 Å². The number of hydrogen-bond donors (Lipinski definition) is 3. The van der Waals surface area contributed by atoms with Crippen LogP contribution >= 0.6 is 7.60 Å². The fourth-order valence-electron chi connectivity index (χ4n) is 1.80. The van der Waals surface area contributed by atoms with Crippen LogP contribution in [0.15, 0.2) is 0 Å². The number of carbonyl (C=O) groups excluding carboxylic acids is 2. The lowest BCUT2D eigenvalue weighted by Crippen LogP contribution is -2.41. The van der Waals surface area contributed by atoms with Gasteiger partial charge in [-0.25, -0.2) is 0 Å². The fraction of sp³-hybridized carbons (Fsp3) is 0.778. The van der Waals surface area contributed by atoms with Crippen molar-refractivity contribution in [3.63, 3.8) is 0 Å². The molecule has 17 heavy (non-hydrogen) atoms. The highest BCUT2D eigenvalue weighted by Gasteiger charge is 2.51. The van der Waals surface area contributed by atoms with Crippen LogP contribution < -0.4 is 5.32 Å². The summed E-state index contributed by atoms with van der Waals surface area (Å²) >= 11 is 0. The highest BCUT2D eigenvalue weighted by atomic mass is 31.2. The van der Waals surface area contributed by atoms with E-state index in [-0.39, 0.29) is 32.3 Å². The molecular formula is C9H16NO6P. The van der Waals surface area contributed by atoms with Gasteiger partial charge in [-0.3, -0.25) is 14.2 Å². The summed E-state index contributed by atoms with van der Waals surface area (Å²) in [5.41, 5.74) is 0. The SMILES string of the molecule is CCOC(=O)CCC1(P(=O)(O)O)CCC(=O)N1. The monoisotopic (exact) mass is 265 g/mol.